The van der Waals surface area contributed by atoms with Crippen molar-refractivity contribution in [3.05, 3.63) is 247 Å². The Labute approximate surface area is 548 Å². The van der Waals surface area contributed by atoms with E-state index in [2.05, 4.69) is 73.8 Å². The second-order valence-electron chi connectivity index (χ2n) is 18.1. The highest BCUT2D eigenvalue weighted by Gasteiger charge is 2.25. The first-order valence-electron chi connectivity index (χ1n) is 26.4. The van der Waals surface area contributed by atoms with Gasteiger partial charge in [-0.1, -0.05) is 107 Å². The van der Waals surface area contributed by atoms with Crippen molar-refractivity contribution in [3.8, 4) is 33.8 Å². The van der Waals surface area contributed by atoms with Gasteiger partial charge in [0.15, 0.2) is 0 Å². The maximum absolute atomic E-state index is 11.5. The summed E-state index contributed by atoms with van der Waals surface area (Å²) in [4.78, 5) is 73.5. The van der Waals surface area contributed by atoms with Gasteiger partial charge in [0.25, 0.3) is 0 Å². The van der Waals surface area contributed by atoms with E-state index in [9.17, 15) is 24.0 Å². The number of amides is 1. The van der Waals surface area contributed by atoms with E-state index in [4.69, 9.17) is 78.2 Å². The quantitative estimate of drug-likeness (QED) is 0.0426. The number of esters is 2. The fraction of sp³-hybridized carbons (Fsp3) is 0.141. The first kappa shape index (κ1) is 70.8. The molecule has 1 fully saturated rings. The number of carbonyl (C=O) groups is 5. The van der Waals surface area contributed by atoms with Crippen molar-refractivity contribution in [1.29, 1.82) is 0 Å². The van der Waals surface area contributed by atoms with E-state index in [1.54, 1.807) is 99.3 Å². The number of aromatic nitrogens is 4. The van der Waals surface area contributed by atoms with Crippen LogP contribution in [0.25, 0.3) is 33.8 Å². The van der Waals surface area contributed by atoms with Gasteiger partial charge in [-0.15, -0.1) is 0 Å². The van der Waals surface area contributed by atoms with Gasteiger partial charge < -0.3 is 39.3 Å². The molecule has 0 spiro atoms. The minimum absolute atomic E-state index is 0.0878. The summed E-state index contributed by atoms with van der Waals surface area (Å²) in [6.45, 7) is 6.43. The van der Waals surface area contributed by atoms with Gasteiger partial charge in [-0.3, -0.25) is 24.7 Å². The molecule has 3 N–H and O–H groups in total. The minimum Gasteiger partial charge on any atom is -0.478 e. The van der Waals surface area contributed by atoms with Crippen molar-refractivity contribution in [1.82, 2.24) is 19.9 Å². The largest absolute Gasteiger partial charge is 0.513 e. The number of hydrogen-bond acceptors (Lipinski definition) is 15. The summed E-state index contributed by atoms with van der Waals surface area (Å²) in [6.07, 6.45) is 6.70. The van der Waals surface area contributed by atoms with Gasteiger partial charge in [-0.05, 0) is 152 Å². The van der Waals surface area contributed by atoms with Crippen molar-refractivity contribution in [3.63, 3.8) is 0 Å². The number of benzene rings is 5. The lowest BCUT2D eigenvalue weighted by molar-refractivity contribution is 0.0592. The van der Waals surface area contributed by atoms with Gasteiger partial charge in [0.2, 0.25) is 5.91 Å². The number of rotatable bonds is 10. The number of methoxy groups -OCH3 is 2. The lowest BCUT2D eigenvalue weighted by Gasteiger charge is -2.28. The Hall–Kier alpha value is -7.99. The van der Waals surface area contributed by atoms with Crippen LogP contribution in [0.2, 0.25) is 20.1 Å². The molecular formula is C64H57BCl5IN6O11. The number of aromatic carboxylic acids is 1. The Bertz CT molecular complexity index is 3540. The van der Waals surface area contributed by atoms with Gasteiger partial charge in [0, 0.05) is 88.6 Å². The molecule has 1 saturated heterocycles. The van der Waals surface area contributed by atoms with Crippen LogP contribution in [-0.2, 0) is 23.5 Å². The molecule has 24 heteroatoms. The molecule has 0 aliphatic carbocycles. The van der Waals surface area contributed by atoms with Crippen LogP contribution in [0.4, 0.5) is 10.5 Å². The Morgan fingerprint density at radius 1 is 0.545 bits per heavy atom. The van der Waals surface area contributed by atoms with E-state index >= 15 is 0 Å². The van der Waals surface area contributed by atoms with Crippen molar-refractivity contribution in [2.24, 2.45) is 5.73 Å². The number of pyridine rings is 4. The summed E-state index contributed by atoms with van der Waals surface area (Å²) in [5.41, 5.74) is 12.3. The van der Waals surface area contributed by atoms with Gasteiger partial charge >= 0.3 is 30.5 Å². The van der Waals surface area contributed by atoms with E-state index < -0.39 is 29.2 Å². The van der Waals surface area contributed by atoms with Crippen LogP contribution in [0.15, 0.2) is 201 Å². The van der Waals surface area contributed by atoms with Crippen LogP contribution in [0.5, 0.6) is 0 Å². The summed E-state index contributed by atoms with van der Waals surface area (Å²) >= 11 is 30.3. The predicted molar refractivity (Wildman–Crippen MR) is 354 cm³/mol. The molecule has 0 bridgehead atoms. The van der Waals surface area contributed by atoms with Crippen LogP contribution < -0.4 is 16.2 Å². The number of carboxylic acids is 1. The summed E-state index contributed by atoms with van der Waals surface area (Å²) in [6, 6.07) is 53.0. The monoisotopic (exact) mass is 1400 g/mol. The third kappa shape index (κ3) is 23.6. The molecule has 5 heterocycles. The van der Waals surface area contributed by atoms with Crippen LogP contribution in [-0.4, -0.2) is 108 Å². The maximum atomic E-state index is 11.5. The summed E-state index contributed by atoms with van der Waals surface area (Å²) in [7, 11) is 2.30. The van der Waals surface area contributed by atoms with Gasteiger partial charge in [-0.25, -0.2) is 19.2 Å². The molecule has 1 aliphatic rings. The lowest BCUT2D eigenvalue weighted by Crippen LogP contribution is -2.45. The molecule has 454 valence electrons. The van der Waals surface area contributed by atoms with E-state index in [1.807, 2.05) is 97.1 Å². The summed E-state index contributed by atoms with van der Waals surface area (Å²) in [5.74, 6) is -2.43. The number of carboxylic acid groups (broad SMARTS) is 1. The molecule has 0 saturated carbocycles. The summed E-state index contributed by atoms with van der Waals surface area (Å²) in [5, 5.41) is 10.3. The first-order chi connectivity index (χ1) is 42.3. The fourth-order valence-electron chi connectivity index (χ4n) is 7.51. The topological polar surface area (TPSA) is 233 Å². The van der Waals surface area contributed by atoms with Gasteiger partial charge in [0.1, 0.15) is 0 Å². The van der Waals surface area contributed by atoms with Gasteiger partial charge in [0.05, 0.1) is 85.3 Å². The van der Waals surface area contributed by atoms with E-state index in [0.717, 1.165) is 56.0 Å². The standard InChI is InChI=1S/C15H17BN2O2.C13H10ClNO2.C12H9ClN2O.C12H8ClNO2.C8H6ClIO2.C4H7ClO2/c1-2-6-14(7-3-1)18-10-12-19-16(20-13-11-18)15-8-4-5-9-17-15;1-17-13(16)10-8-9(5-6-11(10)14)12-4-2-3-7-15-12;13-10-5-4-8(7-9(10)12(14)16)11-3-1-2-6-15-11;13-10-5-4-8(7-9(10)12(15)16)11-3-1-2-6-14-11;1-12-8(11)6-4-5(10)2-3-7(6)9;1-3(2)7-4(5)6/h1-9H,10-13H2;2-8H,1H3;1-7H,(H2,14,16);1-7H,(H,15,16);2-4H,1H3;3H,1-2H3. The highest BCUT2D eigenvalue weighted by molar-refractivity contribution is 14.1. The molecular weight excluding hydrogens is 1340 g/mol. The molecule has 88 heavy (non-hydrogen) atoms. The highest BCUT2D eigenvalue weighted by atomic mass is 127. The van der Waals surface area contributed by atoms with Crippen LogP contribution in [0.1, 0.15) is 55.3 Å². The Morgan fingerprint density at radius 2 is 0.943 bits per heavy atom. The zero-order chi connectivity index (χ0) is 64.0. The predicted octanol–water partition coefficient (Wildman–Crippen LogP) is 14.6. The molecule has 5 aromatic carbocycles. The van der Waals surface area contributed by atoms with Crippen molar-refractivity contribution < 1.29 is 52.6 Å². The summed E-state index contributed by atoms with van der Waals surface area (Å²) < 4.78 is 26.1. The number of primary amides is 1. The molecule has 9 aromatic rings. The Kier molecular flexibility index (Phi) is 30.3. The van der Waals surface area contributed by atoms with Crippen molar-refractivity contribution in [2.45, 2.75) is 20.0 Å². The number of halogens is 6. The Morgan fingerprint density at radius 3 is 1.33 bits per heavy atom. The van der Waals surface area contributed by atoms with Crippen LogP contribution in [0.3, 0.4) is 0 Å². The second kappa shape index (κ2) is 37.7. The second-order valence-corrected chi connectivity index (χ2v) is 21.2. The lowest BCUT2D eigenvalue weighted by atomic mass is 9.83. The zero-order valence-electron chi connectivity index (χ0n) is 47.6. The normalized spacial score (nSPS) is 11.4. The number of anilines is 1. The SMILES string of the molecule is CC(C)OC(=O)Cl.COC(=O)c1cc(-c2ccccn2)ccc1Cl.COC(=O)c1cc(I)ccc1Cl.NC(=O)c1cc(-c2ccccn2)ccc1Cl.O=C(O)c1cc(-c2ccccn2)ccc1Cl.c1ccc(N2CCOB(c3ccccn3)OCC2)cc1. The van der Waals surface area contributed by atoms with Crippen LogP contribution in [0, 0.1) is 3.57 Å². The average Bonchev–Trinajstić information content (AvgIpc) is 2.91. The van der Waals surface area contributed by atoms with Crippen molar-refractivity contribution in [2.75, 3.05) is 45.4 Å². The minimum atomic E-state index is -1.04. The third-order valence-corrected chi connectivity index (χ3v) is 13.7. The van der Waals surface area contributed by atoms with E-state index in [-0.39, 0.29) is 23.8 Å². The zero-order valence-corrected chi connectivity index (χ0v) is 53.6. The van der Waals surface area contributed by atoms with Crippen molar-refractivity contribution >= 4 is 128 Å². The van der Waals surface area contributed by atoms with E-state index in [0.29, 0.717) is 45.0 Å². The molecule has 17 nitrogen and oxygen atoms in total. The first-order valence-corrected chi connectivity index (χ1v) is 29.3. The number of nitrogens with zero attached hydrogens (tertiary/aromatic N) is 5. The number of para-hydroxylation sites is 1. The number of nitrogens with two attached hydrogens (primary N) is 1. The average molecular weight is 1400 g/mol. The number of hydrogen-bond donors (Lipinski definition) is 2. The smallest absolute Gasteiger partial charge is 0.478 e. The number of carbonyl (C=O) groups excluding carboxylic acids is 4. The molecule has 1 aliphatic heterocycles. The van der Waals surface area contributed by atoms with Crippen LogP contribution >= 0.6 is 80.6 Å². The molecule has 0 radical (unpaired) electrons. The van der Waals surface area contributed by atoms with Gasteiger partial charge in [-0.2, -0.15) is 0 Å². The number of ether oxygens (including phenoxy) is 3. The molecule has 4 aromatic heterocycles. The molecule has 10 rings (SSSR count). The molecule has 0 unspecified atom stereocenters. The fourth-order valence-corrected chi connectivity index (χ4v) is 8.97. The van der Waals surface area contributed by atoms with E-state index in [1.165, 1.54) is 26.0 Å². The molecule has 0 atom stereocenters. The third-order valence-electron chi connectivity index (χ3n) is 11.7. The molecule has 1 amide bonds. The maximum Gasteiger partial charge on any atom is 0.513 e. The Balaban J connectivity index is 0.000000196. The highest BCUT2D eigenvalue weighted by Crippen LogP contribution is 2.27.